The van der Waals surface area contributed by atoms with Crippen molar-refractivity contribution in [3.05, 3.63) is 47.5 Å². The molecule has 8 rings (SSSR count). The van der Waals surface area contributed by atoms with Gasteiger partial charge in [0.05, 0.1) is 42.7 Å². The lowest BCUT2D eigenvalue weighted by molar-refractivity contribution is -0.353. The fourth-order valence-corrected chi connectivity index (χ4v) is 13.5. The molecule has 22 unspecified atom stereocenters. The number of hydrogen-bond donors (Lipinski definition) is 6. The molecular weight excluding hydrogens is 889 g/mol. The first-order valence-electron chi connectivity index (χ1n) is 24.4. The Kier molecular flexibility index (Phi) is 15.3. The van der Waals surface area contributed by atoms with Gasteiger partial charge in [-0.1, -0.05) is 43.7 Å². The molecule has 0 spiro atoms. The maximum absolute atomic E-state index is 13.8. The fraction of sp³-hybridized carbons (Fsp3) is 0.800. The predicted octanol–water partition coefficient (Wildman–Crippen LogP) is 2.84. The number of hydrogen-bond acceptors (Lipinski definition) is 18. The minimum absolute atomic E-state index is 0.198. The van der Waals surface area contributed by atoms with Crippen molar-refractivity contribution in [2.45, 2.75) is 209 Å². The summed E-state index contributed by atoms with van der Waals surface area (Å²) in [6.45, 7) is 10.3. The van der Waals surface area contributed by atoms with E-state index in [1.54, 1.807) is 38.3 Å². The van der Waals surface area contributed by atoms with E-state index in [-0.39, 0.29) is 25.4 Å². The van der Waals surface area contributed by atoms with E-state index in [1.165, 1.54) is 14.0 Å². The molecule has 1 aromatic carbocycles. The van der Waals surface area contributed by atoms with E-state index in [0.29, 0.717) is 44.1 Å². The molecule has 7 aliphatic rings. The van der Waals surface area contributed by atoms with Crippen molar-refractivity contribution in [3.63, 3.8) is 0 Å². The van der Waals surface area contributed by atoms with Crippen molar-refractivity contribution in [2.75, 3.05) is 20.8 Å². The summed E-state index contributed by atoms with van der Waals surface area (Å²) in [5, 5.41) is 67.0. The van der Waals surface area contributed by atoms with E-state index in [0.717, 1.165) is 5.57 Å². The lowest BCUT2D eigenvalue weighted by Gasteiger charge is -2.66. The van der Waals surface area contributed by atoms with Crippen LogP contribution in [0.2, 0.25) is 0 Å². The van der Waals surface area contributed by atoms with Crippen LogP contribution >= 0.6 is 0 Å². The highest BCUT2D eigenvalue weighted by Crippen LogP contribution is 2.70. The molecule has 4 aliphatic carbocycles. The average molecular weight is 963 g/mol. The van der Waals surface area contributed by atoms with Crippen molar-refractivity contribution in [1.29, 1.82) is 0 Å². The number of carbonyl (C=O) groups is 2. The highest BCUT2D eigenvalue weighted by Gasteiger charge is 2.77. The third-order valence-corrected chi connectivity index (χ3v) is 17.3. The van der Waals surface area contributed by atoms with Gasteiger partial charge in [0.1, 0.15) is 60.0 Å². The first-order valence-corrected chi connectivity index (χ1v) is 24.4. The van der Waals surface area contributed by atoms with Gasteiger partial charge in [0.2, 0.25) is 0 Å². The Labute approximate surface area is 398 Å². The van der Waals surface area contributed by atoms with Crippen molar-refractivity contribution in [1.82, 2.24) is 0 Å². The molecular formula is C50H74O18. The molecule has 68 heavy (non-hydrogen) atoms. The molecule has 0 amide bonds. The van der Waals surface area contributed by atoms with Gasteiger partial charge in [-0.25, -0.2) is 4.79 Å². The number of ether oxygens (including phenoxy) is 10. The Bertz CT molecular complexity index is 1950. The molecule has 3 aliphatic heterocycles. The summed E-state index contributed by atoms with van der Waals surface area (Å²) < 4.78 is 61.6. The number of benzene rings is 1. The maximum Gasteiger partial charge on any atom is 0.338 e. The summed E-state index contributed by atoms with van der Waals surface area (Å²) in [5.74, 6) is -1.81. The quantitative estimate of drug-likeness (QED) is 0.123. The van der Waals surface area contributed by atoms with E-state index in [9.17, 15) is 40.2 Å². The maximum atomic E-state index is 13.8. The Morgan fingerprint density at radius 1 is 0.824 bits per heavy atom. The molecule has 0 radical (unpaired) electrons. The van der Waals surface area contributed by atoms with Crippen LogP contribution in [-0.2, 0) is 52.2 Å². The third-order valence-electron chi connectivity index (χ3n) is 17.3. The molecule has 6 fully saturated rings. The van der Waals surface area contributed by atoms with Crippen LogP contribution in [0.5, 0.6) is 0 Å². The number of carbonyl (C=O) groups excluding carboxylic acids is 2. The van der Waals surface area contributed by atoms with E-state index in [2.05, 4.69) is 13.0 Å². The zero-order valence-electron chi connectivity index (χ0n) is 40.5. The Morgan fingerprint density at radius 2 is 1.46 bits per heavy atom. The van der Waals surface area contributed by atoms with Crippen LogP contribution in [0, 0.1) is 22.7 Å². The van der Waals surface area contributed by atoms with Gasteiger partial charge in [-0.2, -0.15) is 0 Å². The van der Waals surface area contributed by atoms with Crippen LogP contribution < -0.4 is 0 Å². The predicted molar refractivity (Wildman–Crippen MR) is 238 cm³/mol. The lowest BCUT2D eigenvalue weighted by atomic mass is 9.42. The largest absolute Gasteiger partial charge is 0.463 e. The molecule has 0 bridgehead atoms. The van der Waals surface area contributed by atoms with E-state index < -0.39 is 145 Å². The number of aliphatic hydroxyl groups excluding tert-OH is 4. The highest BCUT2D eigenvalue weighted by molar-refractivity contribution is 5.89. The summed E-state index contributed by atoms with van der Waals surface area (Å²) in [7, 11) is 3.13. The van der Waals surface area contributed by atoms with Crippen LogP contribution in [0.4, 0.5) is 0 Å². The lowest BCUT2D eigenvalue weighted by Crippen LogP contribution is -2.75. The van der Waals surface area contributed by atoms with Gasteiger partial charge >= 0.3 is 11.9 Å². The number of methoxy groups -OCH3 is 2. The number of aliphatic hydroxyl groups is 6. The Balaban J connectivity index is 0.928. The normalized spacial score (nSPS) is 47.4. The standard InChI is InChI=1S/C50H74O18/c1-25(61-28(4)52)32-16-19-50(58)48(32,6)37(66-45(56)29-12-10-9-11-13-29)23-36-47(5)17-15-31(20-30(47)14-18-49(36,50)57)64-38-21-33(59-7)43(26(2)62-38)67-39-22-34(60-8)44(27(3)63-39)68-46-42(55)41(54)40(53)35(24-51)65-46/h9-14,25-27,31-44,46,51,53-55,57-58H,15-24H2,1-8H3. The van der Waals surface area contributed by atoms with E-state index >= 15 is 0 Å². The van der Waals surface area contributed by atoms with Crippen molar-refractivity contribution < 1.29 is 87.6 Å². The van der Waals surface area contributed by atoms with Gasteiger partial charge in [-0.3, -0.25) is 4.79 Å². The summed E-state index contributed by atoms with van der Waals surface area (Å²) >= 11 is 0. The van der Waals surface area contributed by atoms with Gasteiger partial charge < -0.3 is 78.0 Å². The zero-order chi connectivity index (χ0) is 49.1. The molecule has 0 aromatic heterocycles. The third kappa shape index (κ3) is 9.00. The van der Waals surface area contributed by atoms with Crippen LogP contribution in [0.15, 0.2) is 42.0 Å². The van der Waals surface area contributed by atoms with Crippen LogP contribution in [0.3, 0.4) is 0 Å². The number of esters is 2. The van der Waals surface area contributed by atoms with Gasteiger partial charge in [-0.15, -0.1) is 0 Å². The monoisotopic (exact) mass is 962 g/mol. The van der Waals surface area contributed by atoms with Crippen LogP contribution in [0.25, 0.3) is 0 Å². The minimum Gasteiger partial charge on any atom is -0.463 e. The Morgan fingerprint density at radius 3 is 2.07 bits per heavy atom. The van der Waals surface area contributed by atoms with Crippen molar-refractivity contribution in [3.8, 4) is 0 Å². The average Bonchev–Trinajstić information content (AvgIpc) is 3.60. The zero-order valence-corrected chi connectivity index (χ0v) is 40.5. The first-order chi connectivity index (χ1) is 32.2. The van der Waals surface area contributed by atoms with Gasteiger partial charge in [0.15, 0.2) is 18.9 Å². The molecule has 3 saturated heterocycles. The van der Waals surface area contributed by atoms with Gasteiger partial charge in [-0.05, 0) is 83.3 Å². The van der Waals surface area contributed by atoms with Crippen molar-refractivity contribution in [2.24, 2.45) is 22.7 Å². The molecule has 3 saturated carbocycles. The van der Waals surface area contributed by atoms with Gasteiger partial charge in [0.25, 0.3) is 0 Å². The summed E-state index contributed by atoms with van der Waals surface area (Å²) in [4.78, 5) is 26.0. The van der Waals surface area contributed by atoms with Crippen LogP contribution in [-0.4, -0.2) is 173 Å². The molecule has 1 aromatic rings. The van der Waals surface area contributed by atoms with E-state index in [1.807, 2.05) is 26.8 Å². The number of rotatable bonds is 13. The molecule has 6 N–H and O–H groups in total. The molecule has 382 valence electrons. The second-order valence-corrected chi connectivity index (χ2v) is 20.9. The molecule has 18 nitrogen and oxygen atoms in total. The summed E-state index contributed by atoms with van der Waals surface area (Å²) in [5.41, 5.74) is -3.43. The SMILES string of the molecule is COC1CC(OC2CCC3(C)C(=CCC4(O)C3CC(OC(=O)c3ccccc3)C3(C)C(C(C)OC(C)=O)CCC43O)C2)OC(C)C1OC1CC(OC)C(OC2OC(CO)C(O)C(O)C2O)C(C)O1. The Hall–Kier alpha value is -2.66. The topological polar surface area (TPSA) is 248 Å². The van der Waals surface area contributed by atoms with Gasteiger partial charge in [0, 0.05) is 51.2 Å². The number of fused-ring (bicyclic) bond motifs is 5. The second kappa shape index (κ2) is 20.1. The molecule has 3 heterocycles. The summed E-state index contributed by atoms with van der Waals surface area (Å²) in [6, 6.07) is 8.76. The first kappa shape index (κ1) is 51.7. The highest BCUT2D eigenvalue weighted by atomic mass is 16.8. The van der Waals surface area contributed by atoms with Crippen molar-refractivity contribution >= 4 is 11.9 Å². The van der Waals surface area contributed by atoms with Crippen LogP contribution in [0.1, 0.15) is 110 Å². The fourth-order valence-electron chi connectivity index (χ4n) is 13.5. The smallest absolute Gasteiger partial charge is 0.338 e. The molecule has 22 atom stereocenters. The summed E-state index contributed by atoms with van der Waals surface area (Å²) in [6.07, 6.45) is -7.88. The minimum atomic E-state index is -1.67. The van der Waals surface area contributed by atoms with E-state index in [4.69, 9.17) is 47.4 Å². The second-order valence-electron chi connectivity index (χ2n) is 20.9. The molecule has 18 heteroatoms.